The van der Waals surface area contributed by atoms with Crippen LogP contribution in [0.1, 0.15) is 25.0 Å². The van der Waals surface area contributed by atoms with E-state index < -0.39 is 0 Å². The molecular formula is C14H24N2O. The van der Waals surface area contributed by atoms with Gasteiger partial charge in [0, 0.05) is 32.8 Å². The largest absolute Gasteiger partial charge is 0.383 e. The molecule has 0 radical (unpaired) electrons. The van der Waals surface area contributed by atoms with Crippen molar-refractivity contribution in [2.75, 3.05) is 20.3 Å². The van der Waals surface area contributed by atoms with Crippen molar-refractivity contribution in [1.82, 2.24) is 4.90 Å². The first-order valence-corrected chi connectivity index (χ1v) is 6.18. The number of methoxy groups -OCH3 is 1. The summed E-state index contributed by atoms with van der Waals surface area (Å²) in [5.41, 5.74) is 8.31. The summed E-state index contributed by atoms with van der Waals surface area (Å²) in [5.74, 6) is 0. The molecule has 17 heavy (non-hydrogen) atoms. The van der Waals surface area contributed by atoms with Crippen LogP contribution in [0.4, 0.5) is 0 Å². The molecule has 3 heteroatoms. The van der Waals surface area contributed by atoms with E-state index in [-0.39, 0.29) is 0 Å². The summed E-state index contributed by atoms with van der Waals surface area (Å²) in [5, 5.41) is 0. The summed E-state index contributed by atoms with van der Waals surface area (Å²) in [4.78, 5) is 2.40. The molecule has 2 N–H and O–H groups in total. The van der Waals surface area contributed by atoms with E-state index in [1.807, 2.05) is 6.07 Å². The molecule has 1 rings (SSSR count). The third-order valence-corrected chi connectivity index (χ3v) is 3.02. The molecule has 1 aromatic rings. The van der Waals surface area contributed by atoms with E-state index in [0.29, 0.717) is 12.6 Å². The highest BCUT2D eigenvalue weighted by Crippen LogP contribution is 2.13. The minimum Gasteiger partial charge on any atom is -0.383 e. The first-order valence-electron chi connectivity index (χ1n) is 6.18. The monoisotopic (exact) mass is 236 g/mol. The predicted molar refractivity (Wildman–Crippen MR) is 71.8 cm³/mol. The van der Waals surface area contributed by atoms with Crippen molar-refractivity contribution < 1.29 is 4.74 Å². The maximum absolute atomic E-state index is 5.76. The molecule has 96 valence electrons. The van der Waals surface area contributed by atoms with E-state index in [1.54, 1.807) is 7.11 Å². The molecule has 0 saturated heterocycles. The molecule has 3 nitrogen and oxygen atoms in total. The van der Waals surface area contributed by atoms with Gasteiger partial charge in [-0.2, -0.15) is 0 Å². The summed E-state index contributed by atoms with van der Waals surface area (Å²) in [6, 6.07) is 8.88. The van der Waals surface area contributed by atoms with Gasteiger partial charge in [0.15, 0.2) is 0 Å². The van der Waals surface area contributed by atoms with Crippen molar-refractivity contribution in [3.8, 4) is 0 Å². The van der Waals surface area contributed by atoms with Crippen molar-refractivity contribution in [1.29, 1.82) is 0 Å². The summed E-state index contributed by atoms with van der Waals surface area (Å²) in [7, 11) is 1.74. The minimum atomic E-state index is 0.510. The fraction of sp³-hybridized carbons (Fsp3) is 0.571. The van der Waals surface area contributed by atoms with Gasteiger partial charge in [-0.05, 0) is 25.0 Å². The van der Waals surface area contributed by atoms with Crippen molar-refractivity contribution in [3.05, 3.63) is 35.4 Å². The first-order chi connectivity index (χ1) is 8.19. The predicted octanol–water partition coefficient (Wildman–Crippen LogP) is 2.00. The molecule has 0 aliphatic rings. The first kappa shape index (κ1) is 14.2. The molecule has 0 unspecified atom stereocenters. The summed E-state index contributed by atoms with van der Waals surface area (Å²) < 4.78 is 5.15. The zero-order valence-corrected chi connectivity index (χ0v) is 11.1. The van der Waals surface area contributed by atoms with Crippen LogP contribution in [0.25, 0.3) is 0 Å². The van der Waals surface area contributed by atoms with Gasteiger partial charge in [0.2, 0.25) is 0 Å². The van der Waals surface area contributed by atoms with Gasteiger partial charge in [-0.3, -0.25) is 4.90 Å². The highest BCUT2D eigenvalue weighted by Gasteiger charge is 2.11. The van der Waals surface area contributed by atoms with Crippen LogP contribution in [0.2, 0.25) is 0 Å². The lowest BCUT2D eigenvalue weighted by Gasteiger charge is -2.27. The van der Waals surface area contributed by atoms with Crippen molar-refractivity contribution in [2.45, 2.75) is 33.0 Å². The Kier molecular flexibility index (Phi) is 6.19. The SMILES string of the molecule is COCCN(Cc1ccccc1CN)C(C)C. The zero-order chi connectivity index (χ0) is 12.7. The third-order valence-electron chi connectivity index (χ3n) is 3.02. The van der Waals surface area contributed by atoms with Crippen LogP contribution < -0.4 is 5.73 Å². The Morgan fingerprint density at radius 1 is 1.24 bits per heavy atom. The second-order valence-electron chi connectivity index (χ2n) is 4.53. The standard InChI is InChI=1S/C14H24N2O/c1-12(2)16(8-9-17-3)11-14-7-5-4-6-13(14)10-15/h4-7,12H,8-11,15H2,1-3H3. The Hall–Kier alpha value is -0.900. The van der Waals surface area contributed by atoms with Crippen LogP contribution in [-0.2, 0) is 17.8 Å². The second kappa shape index (κ2) is 7.43. The number of nitrogens with two attached hydrogens (primary N) is 1. The van der Waals surface area contributed by atoms with Gasteiger partial charge in [-0.15, -0.1) is 0 Å². The highest BCUT2D eigenvalue weighted by atomic mass is 16.5. The van der Waals surface area contributed by atoms with E-state index in [2.05, 4.69) is 36.9 Å². The van der Waals surface area contributed by atoms with Gasteiger partial charge in [-0.1, -0.05) is 24.3 Å². The Morgan fingerprint density at radius 3 is 2.41 bits per heavy atom. The van der Waals surface area contributed by atoms with E-state index in [0.717, 1.165) is 19.7 Å². The van der Waals surface area contributed by atoms with E-state index in [9.17, 15) is 0 Å². The van der Waals surface area contributed by atoms with E-state index in [4.69, 9.17) is 10.5 Å². The maximum atomic E-state index is 5.76. The molecule has 0 aliphatic heterocycles. The maximum Gasteiger partial charge on any atom is 0.0589 e. The Labute approximate surface area is 105 Å². The van der Waals surface area contributed by atoms with Crippen LogP contribution >= 0.6 is 0 Å². The van der Waals surface area contributed by atoms with E-state index in [1.165, 1.54) is 11.1 Å². The average molecular weight is 236 g/mol. The lowest BCUT2D eigenvalue weighted by atomic mass is 10.1. The van der Waals surface area contributed by atoms with Crippen molar-refractivity contribution >= 4 is 0 Å². The topological polar surface area (TPSA) is 38.5 Å². The third kappa shape index (κ3) is 4.46. The van der Waals surface area contributed by atoms with Gasteiger partial charge in [0.25, 0.3) is 0 Å². The molecule has 0 fully saturated rings. The van der Waals surface area contributed by atoms with Gasteiger partial charge < -0.3 is 10.5 Å². The molecule has 0 amide bonds. The quantitative estimate of drug-likeness (QED) is 0.787. The lowest BCUT2D eigenvalue weighted by molar-refractivity contribution is 0.125. The molecular weight excluding hydrogens is 212 g/mol. The summed E-state index contributed by atoms with van der Waals surface area (Å²) >= 11 is 0. The second-order valence-corrected chi connectivity index (χ2v) is 4.53. The number of hydrogen-bond acceptors (Lipinski definition) is 3. The van der Waals surface area contributed by atoms with Gasteiger partial charge >= 0.3 is 0 Å². The molecule has 1 aromatic carbocycles. The van der Waals surface area contributed by atoms with Gasteiger partial charge in [0.1, 0.15) is 0 Å². The molecule has 0 atom stereocenters. The zero-order valence-electron chi connectivity index (χ0n) is 11.1. The van der Waals surface area contributed by atoms with Crippen LogP contribution in [-0.4, -0.2) is 31.2 Å². The smallest absolute Gasteiger partial charge is 0.0589 e. The molecule has 0 spiro atoms. The number of rotatable bonds is 7. The molecule has 0 aromatic heterocycles. The Morgan fingerprint density at radius 2 is 1.88 bits per heavy atom. The normalized spacial score (nSPS) is 11.4. The highest BCUT2D eigenvalue weighted by molar-refractivity contribution is 5.26. The van der Waals surface area contributed by atoms with Crippen molar-refractivity contribution in [2.24, 2.45) is 5.73 Å². The van der Waals surface area contributed by atoms with Gasteiger partial charge in [0.05, 0.1) is 6.61 Å². The van der Waals surface area contributed by atoms with Gasteiger partial charge in [-0.25, -0.2) is 0 Å². The Balaban J connectivity index is 2.71. The average Bonchev–Trinajstić information content (AvgIpc) is 2.34. The van der Waals surface area contributed by atoms with E-state index >= 15 is 0 Å². The molecule has 0 heterocycles. The number of hydrogen-bond donors (Lipinski definition) is 1. The van der Waals surface area contributed by atoms with Crippen LogP contribution in [0, 0.1) is 0 Å². The fourth-order valence-corrected chi connectivity index (χ4v) is 1.86. The van der Waals surface area contributed by atoms with Crippen molar-refractivity contribution in [3.63, 3.8) is 0 Å². The number of ether oxygens (including phenoxy) is 1. The molecule has 0 bridgehead atoms. The molecule has 0 aliphatic carbocycles. The number of benzene rings is 1. The number of nitrogens with zero attached hydrogens (tertiary/aromatic N) is 1. The molecule has 0 saturated carbocycles. The van der Waals surface area contributed by atoms with Crippen LogP contribution in [0.3, 0.4) is 0 Å². The Bertz CT molecular complexity index is 326. The lowest BCUT2D eigenvalue weighted by Crippen LogP contribution is -2.33. The fourth-order valence-electron chi connectivity index (χ4n) is 1.86. The minimum absolute atomic E-state index is 0.510. The summed E-state index contributed by atoms with van der Waals surface area (Å²) in [6.07, 6.45) is 0. The van der Waals surface area contributed by atoms with Crippen LogP contribution in [0.5, 0.6) is 0 Å². The van der Waals surface area contributed by atoms with Crippen LogP contribution in [0.15, 0.2) is 24.3 Å². The summed E-state index contributed by atoms with van der Waals surface area (Å²) in [6.45, 7) is 7.68.